The smallest absolute Gasteiger partial charge is 0.410 e. The molecule has 0 aliphatic carbocycles. The molecule has 2 fully saturated rings. The topological polar surface area (TPSA) is 229 Å². The highest BCUT2D eigenvalue weighted by molar-refractivity contribution is 6.12. The van der Waals surface area contributed by atoms with E-state index >= 15 is 13.6 Å². The van der Waals surface area contributed by atoms with Crippen molar-refractivity contribution in [1.82, 2.24) is 34.9 Å². The Hall–Kier alpha value is -6.19. The molecule has 6 rings (SSSR count). The molecule has 1 unspecified atom stereocenters. The molecule has 2 aromatic carbocycles. The molecule has 2 N–H and O–H groups in total. The van der Waals surface area contributed by atoms with Gasteiger partial charge in [0, 0.05) is 69.2 Å². The number of carbonyl (C=O) groups excluding carboxylic acids is 5. The molecule has 1 aromatic heterocycles. The minimum absolute atomic E-state index is 0.0531. The Kier molecular flexibility index (Phi) is 27.0. The number of hydrogen-bond acceptors (Lipinski definition) is 16. The fourth-order valence-electron chi connectivity index (χ4n) is 9.40. The summed E-state index contributed by atoms with van der Waals surface area (Å²) in [5, 5.41) is 5.59. The summed E-state index contributed by atoms with van der Waals surface area (Å²) in [5.41, 5.74) is -0.677. The molecule has 3 aliphatic rings. The summed E-state index contributed by atoms with van der Waals surface area (Å²) in [5.74, 6) is -2.55. The first kappa shape index (κ1) is 66.0. The van der Waals surface area contributed by atoms with Crippen molar-refractivity contribution < 1.29 is 84.5 Å². The molecule has 25 heteroatoms. The minimum atomic E-state index is -1.54. The summed E-state index contributed by atoms with van der Waals surface area (Å²) >= 11 is 0. The number of alkyl halides is 1. The van der Waals surface area contributed by atoms with Crippen molar-refractivity contribution in [2.24, 2.45) is 11.3 Å². The van der Waals surface area contributed by atoms with Crippen LogP contribution >= 0.6 is 0 Å². The summed E-state index contributed by atoms with van der Waals surface area (Å²) in [7, 11) is 0. The van der Waals surface area contributed by atoms with Crippen molar-refractivity contribution in [1.29, 1.82) is 0 Å². The van der Waals surface area contributed by atoms with Gasteiger partial charge in [-0.2, -0.15) is 0 Å². The number of nitrogens with one attached hydrogen (secondary N) is 2. The van der Waals surface area contributed by atoms with Crippen LogP contribution in [0, 0.1) is 23.0 Å². The average Bonchev–Trinajstić information content (AvgIpc) is 4.23. The number of likely N-dealkylation sites (tertiary alicyclic amines) is 1. The first-order valence-corrected chi connectivity index (χ1v) is 28.2. The fraction of sp³-hybridized carbons (Fsp3) is 0.621. The summed E-state index contributed by atoms with van der Waals surface area (Å²) in [6.07, 6.45) is 2.04. The van der Waals surface area contributed by atoms with E-state index in [2.05, 4.69) is 10.6 Å². The Morgan fingerprint density at radius 3 is 1.94 bits per heavy atom. The van der Waals surface area contributed by atoms with E-state index in [4.69, 9.17) is 52.4 Å². The maximum atomic E-state index is 16.3. The molecule has 3 aliphatic heterocycles. The number of urea groups is 1. The number of alkyl carbamates (subject to hydrolysis) is 1. The van der Waals surface area contributed by atoms with Gasteiger partial charge in [0.1, 0.15) is 35.8 Å². The third kappa shape index (κ3) is 22.1. The third-order valence-corrected chi connectivity index (χ3v) is 13.7. The molecule has 4 heterocycles. The molecule has 2 saturated heterocycles. The maximum Gasteiger partial charge on any atom is 0.410 e. The molecule has 0 bridgehead atoms. The highest BCUT2D eigenvalue weighted by Gasteiger charge is 2.48. The van der Waals surface area contributed by atoms with Crippen LogP contribution in [-0.2, 0) is 63.5 Å². The SMILES string of the molecule is C[C@@H](COC(=O)NCCOCCOCCOCCOCCOCCOCCOCCN1C(=O)C=CC1=O)NC(=O)N(C[C@@H]1CN(C(=O)OC(C)(C)C)CC1F)[C@@H](c1nc(-c2cc(F)ccc2F)cn1Cc1ccccc1)C1(C)CCOCC1. The van der Waals surface area contributed by atoms with Crippen LogP contribution in [0.5, 0.6) is 0 Å². The predicted octanol–water partition coefficient (Wildman–Crippen LogP) is 6.11. The lowest BCUT2D eigenvalue weighted by Gasteiger charge is -2.46. The number of amides is 6. The number of imide groups is 1. The predicted molar refractivity (Wildman–Crippen MR) is 296 cm³/mol. The number of imidazole rings is 1. The lowest BCUT2D eigenvalue weighted by Crippen LogP contribution is -2.54. The van der Waals surface area contributed by atoms with Crippen molar-refractivity contribution in [3.8, 4) is 11.3 Å². The van der Waals surface area contributed by atoms with E-state index in [0.717, 1.165) is 28.7 Å². The number of carbonyl (C=O) groups is 5. The zero-order valence-corrected chi connectivity index (χ0v) is 48.3. The molecule has 83 heavy (non-hydrogen) atoms. The molecule has 0 saturated carbocycles. The maximum absolute atomic E-state index is 16.3. The van der Waals surface area contributed by atoms with Gasteiger partial charge >= 0.3 is 18.2 Å². The van der Waals surface area contributed by atoms with Crippen LogP contribution in [0.3, 0.4) is 0 Å². The van der Waals surface area contributed by atoms with Crippen molar-refractivity contribution in [3.05, 3.63) is 89.9 Å². The first-order chi connectivity index (χ1) is 39.9. The quantitative estimate of drug-likeness (QED) is 0.0500. The summed E-state index contributed by atoms with van der Waals surface area (Å²) in [6.45, 7) is 14.1. The van der Waals surface area contributed by atoms with Gasteiger partial charge in [0.25, 0.3) is 11.8 Å². The number of aromatic nitrogens is 2. The largest absolute Gasteiger partial charge is 0.447 e. The van der Waals surface area contributed by atoms with Crippen LogP contribution in [0.2, 0.25) is 0 Å². The van der Waals surface area contributed by atoms with E-state index in [-0.39, 0.29) is 88.8 Å². The van der Waals surface area contributed by atoms with Crippen LogP contribution < -0.4 is 10.6 Å². The third-order valence-electron chi connectivity index (χ3n) is 13.7. The van der Waals surface area contributed by atoms with Crippen LogP contribution in [0.15, 0.2) is 66.9 Å². The Bertz CT molecular complexity index is 2510. The molecule has 460 valence electrons. The first-order valence-electron chi connectivity index (χ1n) is 28.2. The zero-order chi connectivity index (χ0) is 59.6. The monoisotopic (exact) mass is 1170 g/mol. The normalized spacial score (nSPS) is 17.7. The van der Waals surface area contributed by atoms with E-state index in [1.165, 1.54) is 22.0 Å². The molecular weight excluding hydrogens is 1090 g/mol. The molecule has 6 amide bonds. The Morgan fingerprint density at radius 2 is 1.36 bits per heavy atom. The Morgan fingerprint density at radius 1 is 0.795 bits per heavy atom. The molecule has 22 nitrogen and oxygen atoms in total. The van der Waals surface area contributed by atoms with Gasteiger partial charge in [0.2, 0.25) is 0 Å². The highest BCUT2D eigenvalue weighted by atomic mass is 19.1. The van der Waals surface area contributed by atoms with E-state index < -0.39 is 65.0 Å². The zero-order valence-electron chi connectivity index (χ0n) is 48.3. The van der Waals surface area contributed by atoms with Gasteiger partial charge in [-0.25, -0.2) is 32.5 Å². The number of nitrogens with zero attached hydrogens (tertiary/aromatic N) is 5. The number of benzene rings is 2. The standard InChI is InChI=1S/C58H82F3N7O15/c1-42(41-82-55(72)62-17-21-75-23-25-77-27-29-79-31-33-81-34-32-80-30-28-78-26-24-76-22-18-67-50(69)13-14-51(67)70)63-54(71)68(38-44-37-66(39-48(44)61)56(73)83-57(2,3)4)52(58(5)15-19-74-20-16-58)53-64-49(46-35-45(59)11-12-47(46)60)40-65(53)36-43-9-7-6-8-10-43/h6-14,35,40,42,44,48,52H,15-34,36-39,41H2,1-5H3,(H,62,72)(H,63,71)/t42-,44-,48?,52-/m0/s1. The highest BCUT2D eigenvalue weighted by Crippen LogP contribution is 2.47. The van der Waals surface area contributed by atoms with Crippen LogP contribution in [0.1, 0.15) is 64.9 Å². The molecular formula is C58H82F3N7O15. The van der Waals surface area contributed by atoms with Gasteiger partial charge in [-0.3, -0.25) is 14.5 Å². The molecule has 0 spiro atoms. The van der Waals surface area contributed by atoms with Gasteiger partial charge in [-0.15, -0.1) is 0 Å². The van der Waals surface area contributed by atoms with Gasteiger partial charge in [0.05, 0.1) is 123 Å². The van der Waals surface area contributed by atoms with Gasteiger partial charge in [-0.1, -0.05) is 37.3 Å². The number of halogens is 3. The Labute approximate surface area is 483 Å². The Balaban J connectivity index is 0.926. The lowest BCUT2D eigenvalue weighted by atomic mass is 9.74. The van der Waals surface area contributed by atoms with Crippen molar-refractivity contribution >= 4 is 30.0 Å². The van der Waals surface area contributed by atoms with E-state index in [9.17, 15) is 23.6 Å². The van der Waals surface area contributed by atoms with Gasteiger partial charge in [-0.05, 0) is 69.7 Å². The summed E-state index contributed by atoms with van der Waals surface area (Å²) in [6, 6.07) is 10.3. The average molecular weight is 1170 g/mol. The van der Waals surface area contributed by atoms with E-state index in [1.54, 1.807) is 33.9 Å². The molecule has 0 radical (unpaired) electrons. The van der Waals surface area contributed by atoms with E-state index in [0.29, 0.717) is 105 Å². The lowest BCUT2D eigenvalue weighted by molar-refractivity contribution is -0.137. The van der Waals surface area contributed by atoms with Crippen molar-refractivity contribution in [2.75, 3.05) is 145 Å². The number of rotatable bonds is 35. The number of hydrogen-bond donors (Lipinski definition) is 2. The second-order valence-corrected chi connectivity index (χ2v) is 21.5. The summed E-state index contributed by atoms with van der Waals surface area (Å²) in [4.78, 5) is 73.1. The van der Waals surface area contributed by atoms with Crippen LogP contribution in [0.25, 0.3) is 11.3 Å². The second-order valence-electron chi connectivity index (χ2n) is 21.5. The van der Waals surface area contributed by atoms with E-state index in [1.807, 2.05) is 41.8 Å². The molecule has 4 atom stereocenters. The fourth-order valence-corrected chi connectivity index (χ4v) is 9.40. The van der Waals surface area contributed by atoms with Crippen LogP contribution in [0.4, 0.5) is 27.6 Å². The van der Waals surface area contributed by atoms with Crippen molar-refractivity contribution in [3.63, 3.8) is 0 Å². The molecule has 3 aromatic rings. The van der Waals surface area contributed by atoms with Crippen molar-refractivity contribution in [2.45, 2.75) is 77.9 Å². The van der Waals surface area contributed by atoms with Crippen LogP contribution in [-0.4, -0.2) is 217 Å². The summed E-state index contributed by atoms with van der Waals surface area (Å²) < 4.78 is 104. The van der Waals surface area contributed by atoms with Gasteiger partial charge < -0.3 is 72.4 Å². The van der Waals surface area contributed by atoms with Gasteiger partial charge in [0.15, 0.2) is 0 Å². The number of ether oxygens (including phenoxy) is 10. The minimum Gasteiger partial charge on any atom is -0.447 e. The second kappa shape index (κ2) is 33.9.